The van der Waals surface area contributed by atoms with E-state index in [1.54, 1.807) is 28.8 Å². The van der Waals surface area contributed by atoms with Gasteiger partial charge in [0.25, 0.3) is 5.56 Å². The molecule has 1 saturated heterocycles. The molecule has 0 radical (unpaired) electrons. The van der Waals surface area contributed by atoms with Crippen molar-refractivity contribution in [1.82, 2.24) is 9.55 Å². The van der Waals surface area contributed by atoms with Gasteiger partial charge in [-0.05, 0) is 44.5 Å². The summed E-state index contributed by atoms with van der Waals surface area (Å²) < 4.78 is 31.7. The lowest BCUT2D eigenvalue weighted by Gasteiger charge is -2.30. The van der Waals surface area contributed by atoms with E-state index in [4.69, 9.17) is 9.72 Å². The molecule has 8 nitrogen and oxygen atoms in total. The number of benzene rings is 2. The van der Waals surface area contributed by atoms with Crippen LogP contribution in [-0.2, 0) is 21.1 Å². The molecule has 4 rings (SSSR count). The van der Waals surface area contributed by atoms with Gasteiger partial charge in [-0.3, -0.25) is 9.36 Å². The van der Waals surface area contributed by atoms with E-state index in [9.17, 15) is 13.2 Å². The van der Waals surface area contributed by atoms with Crippen LogP contribution in [-0.4, -0.2) is 50.5 Å². The van der Waals surface area contributed by atoms with Gasteiger partial charge in [-0.1, -0.05) is 18.2 Å². The molecular formula is C24H30N4O4S. The lowest BCUT2D eigenvalue weighted by molar-refractivity contribution is 0.121. The van der Waals surface area contributed by atoms with Crippen LogP contribution in [0.5, 0.6) is 0 Å². The monoisotopic (exact) mass is 470 g/mol. The second-order valence-corrected chi connectivity index (χ2v) is 10.4. The van der Waals surface area contributed by atoms with Gasteiger partial charge < -0.3 is 15.0 Å². The number of hydrogen-bond acceptors (Lipinski definition) is 7. The van der Waals surface area contributed by atoms with Crippen molar-refractivity contribution < 1.29 is 13.2 Å². The minimum absolute atomic E-state index is 0.0716. The lowest BCUT2D eigenvalue weighted by atomic mass is 10.0. The molecule has 0 aliphatic carbocycles. The maximum Gasteiger partial charge on any atom is 0.262 e. The van der Waals surface area contributed by atoms with Gasteiger partial charge in [-0.15, -0.1) is 0 Å². The molecule has 0 spiro atoms. The molecule has 0 bridgehead atoms. The first-order valence-corrected chi connectivity index (χ1v) is 13.0. The maximum atomic E-state index is 13.5. The first-order chi connectivity index (χ1) is 15.7. The molecule has 33 heavy (non-hydrogen) atoms. The third-order valence-electron chi connectivity index (χ3n) is 5.95. The van der Waals surface area contributed by atoms with Gasteiger partial charge >= 0.3 is 0 Å². The number of morpholine rings is 1. The summed E-state index contributed by atoms with van der Waals surface area (Å²) in [6.45, 7) is 8.91. The number of hydrogen-bond donors (Lipinski definition) is 1. The molecule has 1 aliphatic heterocycles. The van der Waals surface area contributed by atoms with Crippen molar-refractivity contribution in [3.63, 3.8) is 0 Å². The van der Waals surface area contributed by atoms with Gasteiger partial charge in [-0.2, -0.15) is 0 Å². The summed E-state index contributed by atoms with van der Waals surface area (Å²) in [6.07, 6.45) is 1.20. The summed E-state index contributed by atoms with van der Waals surface area (Å²) in [6, 6.07) is 10.5. The van der Waals surface area contributed by atoms with Gasteiger partial charge in [0.05, 0.1) is 40.7 Å². The Labute approximate surface area is 194 Å². The van der Waals surface area contributed by atoms with Gasteiger partial charge in [-0.25, -0.2) is 13.4 Å². The molecule has 1 unspecified atom stereocenters. The number of nitrogens with one attached hydrogen (secondary N) is 1. The van der Waals surface area contributed by atoms with E-state index in [1.165, 1.54) is 6.26 Å². The SMILES string of the molecule is CCn1c(N2CCOCC2)nc2c(C(C)Nc3ccccc3S(C)(=O)=O)cc(C)cc2c1=O. The van der Waals surface area contributed by atoms with Crippen molar-refractivity contribution in [3.8, 4) is 0 Å². The van der Waals surface area contributed by atoms with E-state index < -0.39 is 9.84 Å². The summed E-state index contributed by atoms with van der Waals surface area (Å²) in [5.74, 6) is 0.645. The molecule has 2 aromatic carbocycles. The Kier molecular flexibility index (Phi) is 6.45. The normalized spacial score (nSPS) is 15.6. The Hall–Kier alpha value is -2.91. The number of aryl methyl sites for hydroxylation is 1. The average Bonchev–Trinajstić information content (AvgIpc) is 2.79. The lowest BCUT2D eigenvalue weighted by Crippen LogP contribution is -2.40. The number of nitrogens with zero attached hydrogens (tertiary/aromatic N) is 3. The quantitative estimate of drug-likeness (QED) is 0.592. The summed E-state index contributed by atoms with van der Waals surface area (Å²) >= 11 is 0. The third-order valence-corrected chi connectivity index (χ3v) is 7.10. The predicted molar refractivity (Wildman–Crippen MR) is 131 cm³/mol. The van der Waals surface area contributed by atoms with Crippen molar-refractivity contribution in [3.05, 3.63) is 57.9 Å². The van der Waals surface area contributed by atoms with Crippen molar-refractivity contribution in [2.45, 2.75) is 38.3 Å². The van der Waals surface area contributed by atoms with Crippen LogP contribution in [0, 0.1) is 6.92 Å². The molecule has 1 fully saturated rings. The molecule has 0 amide bonds. The Morgan fingerprint density at radius 1 is 1.18 bits per heavy atom. The smallest absolute Gasteiger partial charge is 0.262 e. The molecule has 1 aliphatic rings. The number of para-hydroxylation sites is 1. The zero-order chi connectivity index (χ0) is 23.8. The average molecular weight is 471 g/mol. The highest BCUT2D eigenvalue weighted by Gasteiger charge is 2.22. The van der Waals surface area contributed by atoms with E-state index in [1.807, 2.05) is 32.9 Å². The summed E-state index contributed by atoms with van der Waals surface area (Å²) in [7, 11) is -3.40. The van der Waals surface area contributed by atoms with Crippen molar-refractivity contribution in [2.24, 2.45) is 0 Å². The highest BCUT2D eigenvalue weighted by atomic mass is 32.2. The fourth-order valence-electron chi connectivity index (χ4n) is 4.33. The van der Waals surface area contributed by atoms with Crippen LogP contribution >= 0.6 is 0 Å². The highest BCUT2D eigenvalue weighted by Crippen LogP contribution is 2.30. The number of ether oxygens (including phenoxy) is 1. The molecule has 2 heterocycles. The summed E-state index contributed by atoms with van der Waals surface area (Å²) in [5.41, 5.74) is 2.88. The number of rotatable bonds is 6. The highest BCUT2D eigenvalue weighted by molar-refractivity contribution is 7.90. The Bertz CT molecular complexity index is 1340. The predicted octanol–water partition coefficient (Wildman–Crippen LogP) is 3.14. The fourth-order valence-corrected chi connectivity index (χ4v) is 5.18. The first kappa shape index (κ1) is 23.3. The second-order valence-electron chi connectivity index (χ2n) is 8.45. The van der Waals surface area contributed by atoms with E-state index in [2.05, 4.69) is 10.2 Å². The van der Waals surface area contributed by atoms with Crippen LogP contribution in [0.1, 0.15) is 31.0 Å². The van der Waals surface area contributed by atoms with E-state index in [0.29, 0.717) is 55.4 Å². The van der Waals surface area contributed by atoms with Gasteiger partial charge in [0, 0.05) is 31.5 Å². The molecular weight excluding hydrogens is 440 g/mol. The molecule has 1 N–H and O–H groups in total. The van der Waals surface area contributed by atoms with E-state index in [-0.39, 0.29) is 16.5 Å². The van der Waals surface area contributed by atoms with E-state index >= 15 is 0 Å². The Morgan fingerprint density at radius 3 is 2.55 bits per heavy atom. The van der Waals surface area contributed by atoms with Crippen molar-refractivity contribution in [2.75, 3.05) is 42.8 Å². The largest absolute Gasteiger partial charge is 0.378 e. The van der Waals surface area contributed by atoms with Gasteiger partial charge in [0.2, 0.25) is 5.95 Å². The van der Waals surface area contributed by atoms with E-state index in [0.717, 1.165) is 11.1 Å². The number of fused-ring (bicyclic) bond motifs is 1. The Balaban J connectivity index is 1.86. The molecule has 3 aromatic rings. The second kappa shape index (κ2) is 9.15. The number of aromatic nitrogens is 2. The van der Waals surface area contributed by atoms with Gasteiger partial charge in [0.1, 0.15) is 0 Å². The molecule has 9 heteroatoms. The van der Waals surface area contributed by atoms with Crippen LogP contribution in [0.2, 0.25) is 0 Å². The number of anilines is 2. The topological polar surface area (TPSA) is 93.5 Å². The van der Waals surface area contributed by atoms with Crippen LogP contribution in [0.4, 0.5) is 11.6 Å². The first-order valence-electron chi connectivity index (χ1n) is 11.1. The zero-order valence-corrected chi connectivity index (χ0v) is 20.3. The standard InChI is InChI=1S/C24H30N4O4S/c1-5-28-23(29)19-15-16(2)14-18(22(19)26-24(28)27-10-12-32-13-11-27)17(3)25-20-8-6-7-9-21(20)33(4,30)31/h6-9,14-15,17,25H,5,10-13H2,1-4H3. The Morgan fingerprint density at radius 2 is 1.88 bits per heavy atom. The van der Waals surface area contributed by atoms with Crippen LogP contribution < -0.4 is 15.8 Å². The third kappa shape index (κ3) is 4.60. The fraction of sp³-hybridized carbons (Fsp3) is 0.417. The molecule has 1 aromatic heterocycles. The summed E-state index contributed by atoms with van der Waals surface area (Å²) in [5, 5.41) is 3.90. The van der Waals surface area contributed by atoms with Crippen LogP contribution in [0.3, 0.4) is 0 Å². The summed E-state index contributed by atoms with van der Waals surface area (Å²) in [4.78, 5) is 20.8. The minimum atomic E-state index is -3.40. The molecule has 0 saturated carbocycles. The van der Waals surface area contributed by atoms with Crippen molar-refractivity contribution in [1.29, 1.82) is 0 Å². The van der Waals surface area contributed by atoms with Gasteiger partial charge in [0.15, 0.2) is 9.84 Å². The molecule has 176 valence electrons. The van der Waals surface area contributed by atoms with Crippen molar-refractivity contribution >= 4 is 32.4 Å². The number of sulfone groups is 1. The zero-order valence-electron chi connectivity index (χ0n) is 19.5. The maximum absolute atomic E-state index is 13.5. The minimum Gasteiger partial charge on any atom is -0.378 e. The van der Waals surface area contributed by atoms with Crippen LogP contribution in [0.15, 0.2) is 46.1 Å². The molecule has 1 atom stereocenters. The van der Waals surface area contributed by atoms with Crippen LogP contribution in [0.25, 0.3) is 10.9 Å².